The smallest absolute Gasteiger partial charge is 0.0503 e. The minimum atomic E-state index is 0.587. The Balaban J connectivity index is 2.12. The summed E-state index contributed by atoms with van der Waals surface area (Å²) in [4.78, 5) is 4.94. The molecule has 1 aromatic rings. The van der Waals surface area contributed by atoms with Gasteiger partial charge in [0.15, 0.2) is 0 Å². The quantitative estimate of drug-likeness (QED) is 0.669. The predicted molar refractivity (Wildman–Crippen MR) is 70.1 cm³/mol. The van der Waals surface area contributed by atoms with Gasteiger partial charge in [-0.3, -0.25) is 4.99 Å². The summed E-state index contributed by atoms with van der Waals surface area (Å²) in [5, 5.41) is 0. The van der Waals surface area contributed by atoms with Crippen LogP contribution in [-0.4, -0.2) is 11.8 Å². The number of aliphatic imine (C=N–C) groups is 1. The molecule has 1 aliphatic rings. The fourth-order valence-electron chi connectivity index (χ4n) is 2.43. The van der Waals surface area contributed by atoms with Crippen LogP contribution in [0, 0.1) is 0 Å². The van der Waals surface area contributed by atoms with E-state index in [1.165, 1.54) is 43.4 Å². The van der Waals surface area contributed by atoms with Crippen LogP contribution >= 0.6 is 0 Å². The van der Waals surface area contributed by atoms with Crippen molar-refractivity contribution in [2.45, 2.75) is 51.5 Å². The first-order chi connectivity index (χ1) is 7.90. The van der Waals surface area contributed by atoms with Gasteiger partial charge in [0.2, 0.25) is 0 Å². The summed E-state index contributed by atoms with van der Waals surface area (Å²) in [5.41, 5.74) is 2.59. The van der Waals surface area contributed by atoms with Gasteiger partial charge in [0, 0.05) is 5.71 Å². The van der Waals surface area contributed by atoms with Gasteiger partial charge in [-0.2, -0.15) is 0 Å². The van der Waals surface area contributed by atoms with E-state index in [0.717, 1.165) is 6.42 Å². The molecule has 2 rings (SSSR count). The number of hydrogen-bond donors (Lipinski definition) is 0. The van der Waals surface area contributed by atoms with E-state index in [1.54, 1.807) is 0 Å². The zero-order valence-electron chi connectivity index (χ0n) is 10.2. The van der Waals surface area contributed by atoms with Crippen molar-refractivity contribution in [3.05, 3.63) is 35.9 Å². The molecule has 0 bridgehead atoms. The predicted octanol–water partition coefficient (Wildman–Crippen LogP) is 4.22. The van der Waals surface area contributed by atoms with Gasteiger partial charge in [0.05, 0.1) is 6.04 Å². The summed E-state index contributed by atoms with van der Waals surface area (Å²) < 4.78 is 0. The zero-order valence-corrected chi connectivity index (χ0v) is 10.2. The third-order valence-corrected chi connectivity index (χ3v) is 3.36. The molecule has 86 valence electrons. The summed E-state index contributed by atoms with van der Waals surface area (Å²) >= 11 is 0. The first-order valence-electron chi connectivity index (χ1n) is 6.52. The van der Waals surface area contributed by atoms with Crippen LogP contribution in [-0.2, 0) is 0 Å². The van der Waals surface area contributed by atoms with Gasteiger partial charge in [0.1, 0.15) is 0 Å². The average molecular weight is 215 g/mol. The lowest BCUT2D eigenvalue weighted by Crippen LogP contribution is -2.13. The van der Waals surface area contributed by atoms with Crippen molar-refractivity contribution < 1.29 is 0 Å². The highest BCUT2D eigenvalue weighted by Crippen LogP contribution is 2.21. The molecule has 0 amide bonds. The molecule has 0 saturated heterocycles. The number of nitrogens with zero attached hydrogens (tertiary/aromatic N) is 1. The van der Waals surface area contributed by atoms with Crippen LogP contribution < -0.4 is 0 Å². The van der Waals surface area contributed by atoms with Crippen molar-refractivity contribution in [3.63, 3.8) is 0 Å². The molecule has 0 unspecified atom stereocenters. The van der Waals surface area contributed by atoms with Crippen molar-refractivity contribution in [1.82, 2.24) is 0 Å². The highest BCUT2D eigenvalue weighted by Gasteiger charge is 2.13. The molecule has 0 aliphatic heterocycles. The highest BCUT2D eigenvalue weighted by molar-refractivity contribution is 6.00. The van der Waals surface area contributed by atoms with Crippen molar-refractivity contribution in [3.8, 4) is 0 Å². The van der Waals surface area contributed by atoms with Gasteiger partial charge >= 0.3 is 0 Å². The van der Waals surface area contributed by atoms with Gasteiger partial charge in [-0.05, 0) is 24.8 Å². The second kappa shape index (κ2) is 5.83. The Morgan fingerprint density at radius 2 is 1.81 bits per heavy atom. The van der Waals surface area contributed by atoms with Crippen LogP contribution in [0.2, 0.25) is 0 Å². The summed E-state index contributed by atoms with van der Waals surface area (Å²) in [7, 11) is 0. The minimum Gasteiger partial charge on any atom is -0.286 e. The van der Waals surface area contributed by atoms with E-state index in [4.69, 9.17) is 4.99 Å². The summed E-state index contributed by atoms with van der Waals surface area (Å²) in [6.45, 7) is 2.20. The molecule has 1 heteroatoms. The molecule has 1 aromatic carbocycles. The highest BCUT2D eigenvalue weighted by atomic mass is 14.8. The normalized spacial score (nSPS) is 18.7. The maximum Gasteiger partial charge on any atom is 0.0503 e. The molecule has 0 atom stereocenters. The Bertz CT molecular complexity index is 334. The van der Waals surface area contributed by atoms with Gasteiger partial charge < -0.3 is 0 Å². The maximum atomic E-state index is 4.94. The molecule has 1 saturated carbocycles. The molecule has 1 fully saturated rings. The molecule has 0 radical (unpaired) electrons. The van der Waals surface area contributed by atoms with Crippen molar-refractivity contribution in [2.75, 3.05) is 0 Å². The Hall–Kier alpha value is -1.11. The van der Waals surface area contributed by atoms with Crippen LogP contribution in [0.4, 0.5) is 0 Å². The fourth-order valence-corrected chi connectivity index (χ4v) is 2.43. The zero-order chi connectivity index (χ0) is 11.2. The fraction of sp³-hybridized carbons (Fsp3) is 0.533. The lowest BCUT2D eigenvalue weighted by molar-refractivity contribution is 0.443. The van der Waals surface area contributed by atoms with Crippen LogP contribution in [0.25, 0.3) is 0 Å². The lowest BCUT2D eigenvalue weighted by Gasteiger charge is -2.19. The van der Waals surface area contributed by atoms with E-state index in [-0.39, 0.29) is 0 Å². The van der Waals surface area contributed by atoms with Crippen molar-refractivity contribution in [1.29, 1.82) is 0 Å². The van der Waals surface area contributed by atoms with E-state index in [2.05, 4.69) is 37.3 Å². The Labute approximate surface area is 98.6 Å². The summed E-state index contributed by atoms with van der Waals surface area (Å²) in [6.07, 6.45) is 7.74. The van der Waals surface area contributed by atoms with Crippen molar-refractivity contribution in [2.24, 2.45) is 4.99 Å². The Morgan fingerprint density at radius 3 is 2.44 bits per heavy atom. The molecule has 0 heterocycles. The molecular formula is C15H21N. The third kappa shape index (κ3) is 2.94. The standard InChI is InChI=1S/C15H21N/c1-2-15(13-9-5-3-6-10-13)16-14-11-7-4-8-12-14/h3,5-6,9-10,14H,2,4,7-8,11-12H2,1H3. The monoisotopic (exact) mass is 215 g/mol. The third-order valence-electron chi connectivity index (χ3n) is 3.36. The first kappa shape index (κ1) is 11.4. The first-order valence-corrected chi connectivity index (χ1v) is 6.52. The number of hydrogen-bond acceptors (Lipinski definition) is 1. The maximum absolute atomic E-state index is 4.94. The van der Waals surface area contributed by atoms with Crippen LogP contribution in [0.15, 0.2) is 35.3 Å². The number of rotatable bonds is 3. The lowest BCUT2D eigenvalue weighted by atomic mass is 9.95. The molecule has 16 heavy (non-hydrogen) atoms. The van der Waals surface area contributed by atoms with E-state index < -0.39 is 0 Å². The second-order valence-electron chi connectivity index (χ2n) is 4.59. The Morgan fingerprint density at radius 1 is 1.12 bits per heavy atom. The summed E-state index contributed by atoms with van der Waals surface area (Å²) in [5.74, 6) is 0. The minimum absolute atomic E-state index is 0.587. The topological polar surface area (TPSA) is 12.4 Å². The van der Waals surface area contributed by atoms with Crippen LogP contribution in [0.1, 0.15) is 51.0 Å². The largest absolute Gasteiger partial charge is 0.286 e. The molecule has 1 aliphatic carbocycles. The Kier molecular flexibility index (Phi) is 4.15. The van der Waals surface area contributed by atoms with Gasteiger partial charge in [-0.25, -0.2) is 0 Å². The van der Waals surface area contributed by atoms with E-state index in [1.807, 2.05) is 0 Å². The van der Waals surface area contributed by atoms with Gasteiger partial charge in [0.25, 0.3) is 0 Å². The van der Waals surface area contributed by atoms with Gasteiger partial charge in [-0.1, -0.05) is 56.5 Å². The molecule has 0 N–H and O–H groups in total. The van der Waals surface area contributed by atoms with E-state index >= 15 is 0 Å². The van der Waals surface area contributed by atoms with E-state index in [0.29, 0.717) is 6.04 Å². The average Bonchev–Trinajstić information content (AvgIpc) is 2.38. The summed E-state index contributed by atoms with van der Waals surface area (Å²) in [6, 6.07) is 11.2. The number of benzene rings is 1. The van der Waals surface area contributed by atoms with E-state index in [9.17, 15) is 0 Å². The molecular weight excluding hydrogens is 194 g/mol. The SMILES string of the molecule is CCC(=NC1CCCCC1)c1ccccc1. The van der Waals surface area contributed by atoms with Crippen LogP contribution in [0.5, 0.6) is 0 Å². The molecule has 1 nitrogen and oxygen atoms in total. The van der Waals surface area contributed by atoms with Crippen LogP contribution in [0.3, 0.4) is 0 Å². The van der Waals surface area contributed by atoms with Gasteiger partial charge in [-0.15, -0.1) is 0 Å². The molecule has 0 spiro atoms. The van der Waals surface area contributed by atoms with Crippen molar-refractivity contribution >= 4 is 5.71 Å². The second-order valence-corrected chi connectivity index (χ2v) is 4.59. The molecule has 0 aromatic heterocycles.